The Balaban J connectivity index is 2.01. The number of hydrogen-bond acceptors (Lipinski definition) is 3. The van der Waals surface area contributed by atoms with Crippen LogP contribution in [0.2, 0.25) is 0 Å². The third kappa shape index (κ3) is 3.03. The van der Waals surface area contributed by atoms with Crippen molar-refractivity contribution in [1.82, 2.24) is 5.32 Å². The number of aromatic hydroxyl groups is 1. The first-order valence-electron chi connectivity index (χ1n) is 5.91. The molecule has 0 radical (unpaired) electrons. The fourth-order valence-corrected chi connectivity index (χ4v) is 2.39. The lowest BCUT2D eigenvalue weighted by Gasteiger charge is -2.23. The molecule has 0 saturated carbocycles. The molecule has 98 valence electrons. The Hall–Kier alpha value is -1.07. The highest BCUT2D eigenvalue weighted by Gasteiger charge is 2.30. The van der Waals surface area contributed by atoms with Gasteiger partial charge in [0.15, 0.2) is 0 Å². The standard InChI is InChI=1S/C13H16BrNO3/c1-13(5-2-6-18-13)8-15-12(17)10-7-9(14)3-4-11(10)16/h3-4,7,16H,2,5-6,8H2,1H3,(H,15,17). The highest BCUT2D eigenvalue weighted by atomic mass is 79.9. The smallest absolute Gasteiger partial charge is 0.255 e. The average molecular weight is 314 g/mol. The van der Waals surface area contributed by atoms with Gasteiger partial charge in [-0.2, -0.15) is 0 Å². The number of rotatable bonds is 3. The molecule has 2 rings (SSSR count). The third-order valence-corrected chi connectivity index (χ3v) is 3.62. The second-order valence-corrected chi connectivity index (χ2v) is 5.66. The predicted octanol–water partition coefficient (Wildman–Crippen LogP) is 2.45. The molecule has 1 saturated heterocycles. The maximum Gasteiger partial charge on any atom is 0.255 e. The first kappa shape index (κ1) is 13.4. The van der Waals surface area contributed by atoms with Crippen LogP contribution >= 0.6 is 15.9 Å². The molecule has 0 spiro atoms. The summed E-state index contributed by atoms with van der Waals surface area (Å²) in [5.74, 6) is -0.307. The second kappa shape index (κ2) is 5.28. The summed E-state index contributed by atoms with van der Waals surface area (Å²) in [5, 5.41) is 12.5. The zero-order chi connectivity index (χ0) is 13.2. The topological polar surface area (TPSA) is 58.6 Å². The fourth-order valence-electron chi connectivity index (χ4n) is 2.03. The van der Waals surface area contributed by atoms with E-state index in [2.05, 4.69) is 21.2 Å². The summed E-state index contributed by atoms with van der Waals surface area (Å²) in [5.41, 5.74) is -0.0110. The Morgan fingerprint density at radius 3 is 3.06 bits per heavy atom. The van der Waals surface area contributed by atoms with Gasteiger partial charge >= 0.3 is 0 Å². The van der Waals surface area contributed by atoms with Crippen molar-refractivity contribution in [3.05, 3.63) is 28.2 Å². The molecule has 1 unspecified atom stereocenters. The number of ether oxygens (including phenoxy) is 1. The van der Waals surface area contributed by atoms with Crippen LogP contribution in [-0.4, -0.2) is 29.8 Å². The summed E-state index contributed by atoms with van der Waals surface area (Å²) in [6, 6.07) is 4.78. The molecule has 1 aromatic rings. The molecule has 5 heteroatoms. The number of nitrogens with one attached hydrogen (secondary N) is 1. The summed E-state index contributed by atoms with van der Waals surface area (Å²) in [6.07, 6.45) is 1.96. The molecule has 1 heterocycles. The van der Waals surface area contributed by atoms with Crippen molar-refractivity contribution in [2.75, 3.05) is 13.2 Å². The van der Waals surface area contributed by atoms with Gasteiger partial charge in [-0.3, -0.25) is 4.79 Å². The molecule has 1 aromatic carbocycles. The zero-order valence-electron chi connectivity index (χ0n) is 10.2. The van der Waals surface area contributed by atoms with E-state index in [4.69, 9.17) is 4.74 Å². The quantitative estimate of drug-likeness (QED) is 0.901. The first-order chi connectivity index (χ1) is 8.50. The summed E-state index contributed by atoms with van der Waals surface area (Å²) < 4.78 is 6.35. The van der Waals surface area contributed by atoms with E-state index in [1.165, 1.54) is 6.07 Å². The molecule has 1 atom stereocenters. The lowest BCUT2D eigenvalue weighted by Crippen LogP contribution is -2.40. The van der Waals surface area contributed by atoms with E-state index in [9.17, 15) is 9.90 Å². The number of halogens is 1. The van der Waals surface area contributed by atoms with Crippen molar-refractivity contribution in [2.24, 2.45) is 0 Å². The molecule has 1 fully saturated rings. The summed E-state index contributed by atoms with van der Waals surface area (Å²) >= 11 is 3.28. The van der Waals surface area contributed by atoms with Gasteiger partial charge < -0.3 is 15.2 Å². The summed E-state index contributed by atoms with van der Waals surface area (Å²) in [6.45, 7) is 3.19. The number of hydrogen-bond donors (Lipinski definition) is 2. The zero-order valence-corrected chi connectivity index (χ0v) is 11.8. The van der Waals surface area contributed by atoms with E-state index in [0.29, 0.717) is 6.54 Å². The van der Waals surface area contributed by atoms with Gasteiger partial charge in [0.1, 0.15) is 5.75 Å². The second-order valence-electron chi connectivity index (χ2n) is 4.75. The minimum atomic E-state index is -0.287. The van der Waals surface area contributed by atoms with E-state index >= 15 is 0 Å². The SMILES string of the molecule is CC1(CNC(=O)c2cc(Br)ccc2O)CCCO1. The van der Waals surface area contributed by atoms with Gasteiger partial charge in [0.05, 0.1) is 11.2 Å². The van der Waals surface area contributed by atoms with E-state index in [1.807, 2.05) is 6.92 Å². The molecular formula is C13H16BrNO3. The summed E-state index contributed by atoms with van der Waals surface area (Å²) in [4.78, 5) is 12.0. The molecule has 1 aliphatic heterocycles. The van der Waals surface area contributed by atoms with Gasteiger partial charge in [-0.25, -0.2) is 0 Å². The van der Waals surface area contributed by atoms with Crippen LogP contribution in [0.15, 0.2) is 22.7 Å². The van der Waals surface area contributed by atoms with Crippen molar-refractivity contribution < 1.29 is 14.6 Å². The highest BCUT2D eigenvalue weighted by molar-refractivity contribution is 9.10. The molecule has 1 aliphatic rings. The summed E-state index contributed by atoms with van der Waals surface area (Å²) in [7, 11) is 0. The average Bonchev–Trinajstić information content (AvgIpc) is 2.77. The molecular weight excluding hydrogens is 298 g/mol. The van der Waals surface area contributed by atoms with Crippen LogP contribution in [0.3, 0.4) is 0 Å². The Morgan fingerprint density at radius 1 is 1.61 bits per heavy atom. The molecule has 2 N–H and O–H groups in total. The lowest BCUT2D eigenvalue weighted by molar-refractivity contribution is 0.0205. The van der Waals surface area contributed by atoms with Crippen LogP contribution < -0.4 is 5.32 Å². The monoisotopic (exact) mass is 313 g/mol. The van der Waals surface area contributed by atoms with Gasteiger partial charge in [0.25, 0.3) is 5.91 Å². The van der Waals surface area contributed by atoms with Crippen molar-refractivity contribution in [3.63, 3.8) is 0 Å². The van der Waals surface area contributed by atoms with Crippen LogP contribution in [0.1, 0.15) is 30.1 Å². The number of phenolic OH excluding ortho intramolecular Hbond substituents is 1. The van der Waals surface area contributed by atoms with Crippen molar-refractivity contribution in [1.29, 1.82) is 0 Å². The van der Waals surface area contributed by atoms with Gasteiger partial charge in [-0.15, -0.1) is 0 Å². The number of benzene rings is 1. The van der Waals surface area contributed by atoms with Crippen molar-refractivity contribution >= 4 is 21.8 Å². The third-order valence-electron chi connectivity index (χ3n) is 3.13. The molecule has 1 amide bonds. The highest BCUT2D eigenvalue weighted by Crippen LogP contribution is 2.25. The molecule has 18 heavy (non-hydrogen) atoms. The minimum absolute atomic E-state index is 0.0202. The van der Waals surface area contributed by atoms with Crippen molar-refractivity contribution in [3.8, 4) is 5.75 Å². The maximum atomic E-state index is 12.0. The molecule has 0 aromatic heterocycles. The van der Waals surface area contributed by atoms with E-state index < -0.39 is 0 Å². The minimum Gasteiger partial charge on any atom is -0.507 e. The Kier molecular flexibility index (Phi) is 3.92. The number of carbonyl (C=O) groups excluding carboxylic acids is 1. The Morgan fingerprint density at radius 2 is 2.39 bits per heavy atom. The van der Waals surface area contributed by atoms with Gasteiger partial charge in [-0.1, -0.05) is 15.9 Å². The number of carbonyl (C=O) groups is 1. The van der Waals surface area contributed by atoms with Crippen LogP contribution in [0.5, 0.6) is 5.75 Å². The Bertz CT molecular complexity index is 456. The molecule has 0 bridgehead atoms. The van der Waals surface area contributed by atoms with Gasteiger partial charge in [-0.05, 0) is 38.0 Å². The number of phenols is 1. The molecule has 4 nitrogen and oxygen atoms in total. The fraction of sp³-hybridized carbons (Fsp3) is 0.462. The maximum absolute atomic E-state index is 12.0. The number of amides is 1. The Labute approximate surface area is 114 Å². The van der Waals surface area contributed by atoms with Crippen LogP contribution in [0.25, 0.3) is 0 Å². The van der Waals surface area contributed by atoms with Gasteiger partial charge in [0, 0.05) is 17.6 Å². The normalized spacial score (nSPS) is 23.0. The van der Waals surface area contributed by atoms with Gasteiger partial charge in [0.2, 0.25) is 0 Å². The van der Waals surface area contributed by atoms with Crippen LogP contribution in [0, 0.1) is 0 Å². The predicted molar refractivity (Wildman–Crippen MR) is 71.7 cm³/mol. The van der Waals surface area contributed by atoms with Crippen LogP contribution in [0.4, 0.5) is 0 Å². The van der Waals surface area contributed by atoms with E-state index in [1.54, 1.807) is 12.1 Å². The van der Waals surface area contributed by atoms with E-state index in [0.717, 1.165) is 23.9 Å². The molecule has 0 aliphatic carbocycles. The first-order valence-corrected chi connectivity index (χ1v) is 6.70. The van der Waals surface area contributed by atoms with Crippen LogP contribution in [-0.2, 0) is 4.74 Å². The largest absolute Gasteiger partial charge is 0.507 e. The lowest BCUT2D eigenvalue weighted by atomic mass is 10.0. The van der Waals surface area contributed by atoms with E-state index in [-0.39, 0.29) is 22.8 Å². The van der Waals surface area contributed by atoms with Crippen molar-refractivity contribution in [2.45, 2.75) is 25.4 Å².